The van der Waals surface area contributed by atoms with Crippen LogP contribution in [0.2, 0.25) is 0 Å². The number of aromatic carboxylic acids is 1. The van der Waals surface area contributed by atoms with Crippen molar-refractivity contribution in [2.24, 2.45) is 0 Å². The molecular formula is C13H18FN3O3. The first-order valence-corrected chi connectivity index (χ1v) is 6.59. The van der Waals surface area contributed by atoms with E-state index in [4.69, 9.17) is 10.2 Å². The summed E-state index contributed by atoms with van der Waals surface area (Å²) < 4.78 is 14.1. The molecule has 6 nitrogen and oxygen atoms in total. The zero-order chi connectivity index (χ0) is 14.5. The van der Waals surface area contributed by atoms with Crippen LogP contribution in [0.4, 0.5) is 10.2 Å². The lowest BCUT2D eigenvalue weighted by Gasteiger charge is -2.23. The minimum absolute atomic E-state index is 0.0933. The number of hydrogen-bond acceptors (Lipinski definition) is 5. The summed E-state index contributed by atoms with van der Waals surface area (Å²) in [4.78, 5) is 18.8. The van der Waals surface area contributed by atoms with Crippen molar-refractivity contribution in [1.82, 2.24) is 9.88 Å². The Balaban J connectivity index is 2.15. The van der Waals surface area contributed by atoms with Crippen LogP contribution in [0, 0.1) is 5.82 Å². The number of pyridine rings is 1. The topological polar surface area (TPSA) is 76.9 Å². The minimum Gasteiger partial charge on any atom is -0.478 e. The van der Waals surface area contributed by atoms with Gasteiger partial charge in [-0.2, -0.15) is 0 Å². The second-order valence-electron chi connectivity index (χ2n) is 4.71. The summed E-state index contributed by atoms with van der Waals surface area (Å²) in [5.41, 5.74) is -0.355. The molecule has 0 bridgehead atoms. The summed E-state index contributed by atoms with van der Waals surface area (Å²) in [7, 11) is 0. The van der Waals surface area contributed by atoms with E-state index < -0.39 is 11.8 Å². The molecule has 1 aliphatic heterocycles. The van der Waals surface area contributed by atoms with E-state index in [9.17, 15) is 9.18 Å². The number of hydrogen-bond donors (Lipinski definition) is 2. The molecule has 2 N–H and O–H groups in total. The quantitative estimate of drug-likeness (QED) is 0.834. The maximum absolute atomic E-state index is 14.1. The Morgan fingerprint density at radius 1 is 1.35 bits per heavy atom. The lowest BCUT2D eigenvalue weighted by molar-refractivity contribution is 0.0691. The second-order valence-corrected chi connectivity index (χ2v) is 4.71. The lowest BCUT2D eigenvalue weighted by Crippen LogP contribution is -2.33. The van der Waals surface area contributed by atoms with E-state index in [0.29, 0.717) is 26.2 Å². The van der Waals surface area contributed by atoms with Crippen molar-refractivity contribution >= 4 is 11.8 Å². The van der Waals surface area contributed by atoms with Crippen molar-refractivity contribution in [3.8, 4) is 0 Å². The molecule has 0 spiro atoms. The number of carbonyl (C=O) groups is 1. The van der Waals surface area contributed by atoms with Gasteiger partial charge in [-0.25, -0.2) is 14.2 Å². The molecular weight excluding hydrogens is 265 g/mol. The number of aliphatic hydroxyl groups is 1. The molecule has 1 aromatic heterocycles. The van der Waals surface area contributed by atoms with E-state index >= 15 is 0 Å². The number of aromatic nitrogens is 1. The zero-order valence-electron chi connectivity index (χ0n) is 11.1. The molecule has 1 aliphatic rings. The van der Waals surface area contributed by atoms with Crippen molar-refractivity contribution in [1.29, 1.82) is 0 Å². The monoisotopic (exact) mass is 283 g/mol. The molecule has 20 heavy (non-hydrogen) atoms. The van der Waals surface area contributed by atoms with Gasteiger partial charge in [0.1, 0.15) is 5.56 Å². The lowest BCUT2D eigenvalue weighted by atomic mass is 10.2. The number of nitrogens with zero attached hydrogens (tertiary/aromatic N) is 3. The van der Waals surface area contributed by atoms with Crippen molar-refractivity contribution < 1.29 is 19.4 Å². The third-order valence-corrected chi connectivity index (χ3v) is 3.41. The Morgan fingerprint density at radius 3 is 2.85 bits per heavy atom. The van der Waals surface area contributed by atoms with Crippen LogP contribution in [0.1, 0.15) is 16.8 Å². The molecule has 0 radical (unpaired) electrons. The Labute approximate surface area is 116 Å². The summed E-state index contributed by atoms with van der Waals surface area (Å²) in [6.45, 7) is 3.40. The van der Waals surface area contributed by atoms with E-state index in [-0.39, 0.29) is 18.0 Å². The van der Waals surface area contributed by atoms with Crippen LogP contribution < -0.4 is 4.90 Å². The highest BCUT2D eigenvalue weighted by atomic mass is 19.1. The number of halogens is 1. The molecule has 1 fully saturated rings. The van der Waals surface area contributed by atoms with Crippen LogP contribution in [0.25, 0.3) is 0 Å². The highest BCUT2D eigenvalue weighted by Crippen LogP contribution is 2.20. The van der Waals surface area contributed by atoms with Gasteiger partial charge in [0.15, 0.2) is 11.6 Å². The molecule has 2 rings (SSSR count). The maximum Gasteiger partial charge on any atom is 0.338 e. The SMILES string of the molecule is O=C(O)c1ccnc(N2CCCN(CCO)CC2)c1F. The number of β-amino-alcohol motifs (C(OH)–C–C–N with tert-alkyl or cyclic N) is 1. The molecule has 0 aliphatic carbocycles. The van der Waals surface area contributed by atoms with E-state index in [1.165, 1.54) is 6.20 Å². The first-order chi connectivity index (χ1) is 9.63. The number of aliphatic hydroxyl groups excluding tert-OH is 1. The average molecular weight is 283 g/mol. The molecule has 2 heterocycles. The van der Waals surface area contributed by atoms with Gasteiger partial charge in [-0.1, -0.05) is 0 Å². The number of rotatable bonds is 4. The number of carboxylic acids is 1. The summed E-state index contributed by atoms with van der Waals surface area (Å²) in [5, 5.41) is 17.9. The molecule has 7 heteroatoms. The number of carboxylic acid groups (broad SMARTS) is 1. The predicted octanol–water partition coefficient (Wildman–Crippen LogP) is 0.423. The summed E-state index contributed by atoms with van der Waals surface area (Å²) in [5.74, 6) is -1.98. The zero-order valence-corrected chi connectivity index (χ0v) is 11.1. The van der Waals surface area contributed by atoms with Crippen molar-refractivity contribution in [3.63, 3.8) is 0 Å². The van der Waals surface area contributed by atoms with Gasteiger partial charge in [0.05, 0.1) is 6.61 Å². The average Bonchev–Trinajstić information content (AvgIpc) is 2.65. The van der Waals surface area contributed by atoms with Gasteiger partial charge in [0.2, 0.25) is 0 Å². The van der Waals surface area contributed by atoms with E-state index in [1.54, 1.807) is 4.90 Å². The maximum atomic E-state index is 14.1. The fraction of sp³-hybridized carbons (Fsp3) is 0.538. The summed E-state index contributed by atoms with van der Waals surface area (Å²) in [6.07, 6.45) is 2.14. The van der Waals surface area contributed by atoms with Gasteiger partial charge in [-0.3, -0.25) is 4.90 Å². The molecule has 1 aromatic rings. The van der Waals surface area contributed by atoms with Gasteiger partial charge in [0.25, 0.3) is 0 Å². The van der Waals surface area contributed by atoms with E-state index in [1.807, 2.05) is 0 Å². The molecule has 0 amide bonds. The molecule has 1 saturated heterocycles. The fourth-order valence-corrected chi connectivity index (χ4v) is 2.37. The van der Waals surface area contributed by atoms with Gasteiger partial charge >= 0.3 is 5.97 Å². The summed E-state index contributed by atoms with van der Waals surface area (Å²) in [6, 6.07) is 1.16. The summed E-state index contributed by atoms with van der Waals surface area (Å²) >= 11 is 0. The van der Waals surface area contributed by atoms with Crippen LogP contribution in [0.3, 0.4) is 0 Å². The second kappa shape index (κ2) is 6.62. The van der Waals surface area contributed by atoms with Crippen molar-refractivity contribution in [3.05, 3.63) is 23.6 Å². The third kappa shape index (κ3) is 3.23. The van der Waals surface area contributed by atoms with E-state index in [0.717, 1.165) is 19.0 Å². The minimum atomic E-state index is -1.29. The highest BCUT2D eigenvalue weighted by molar-refractivity contribution is 5.88. The van der Waals surface area contributed by atoms with Crippen molar-refractivity contribution in [2.45, 2.75) is 6.42 Å². The van der Waals surface area contributed by atoms with Gasteiger partial charge < -0.3 is 15.1 Å². The standard InChI is InChI=1S/C13H18FN3O3/c14-11-10(13(19)20)2-3-15-12(11)17-5-1-4-16(6-7-17)8-9-18/h2-3,18H,1,4-9H2,(H,19,20). The molecule has 0 atom stereocenters. The molecule has 0 saturated carbocycles. The Morgan fingerprint density at radius 2 is 2.15 bits per heavy atom. The predicted molar refractivity (Wildman–Crippen MR) is 71.5 cm³/mol. The van der Waals surface area contributed by atoms with Crippen LogP contribution in [0.15, 0.2) is 12.3 Å². The first kappa shape index (κ1) is 14.7. The van der Waals surface area contributed by atoms with Crippen LogP contribution in [-0.2, 0) is 0 Å². The first-order valence-electron chi connectivity index (χ1n) is 6.59. The smallest absolute Gasteiger partial charge is 0.338 e. The largest absolute Gasteiger partial charge is 0.478 e. The van der Waals surface area contributed by atoms with Gasteiger partial charge in [0, 0.05) is 32.4 Å². The highest BCUT2D eigenvalue weighted by Gasteiger charge is 2.22. The van der Waals surface area contributed by atoms with Crippen LogP contribution in [0.5, 0.6) is 0 Å². The molecule has 0 unspecified atom stereocenters. The van der Waals surface area contributed by atoms with Crippen molar-refractivity contribution in [2.75, 3.05) is 44.2 Å². The van der Waals surface area contributed by atoms with Gasteiger partial charge in [-0.05, 0) is 19.0 Å². The van der Waals surface area contributed by atoms with Crippen LogP contribution >= 0.6 is 0 Å². The van der Waals surface area contributed by atoms with Crippen LogP contribution in [-0.4, -0.2) is 65.4 Å². The number of anilines is 1. The Bertz CT molecular complexity index is 484. The fourth-order valence-electron chi connectivity index (χ4n) is 2.37. The normalized spacial score (nSPS) is 17.0. The molecule has 0 aromatic carbocycles. The van der Waals surface area contributed by atoms with E-state index in [2.05, 4.69) is 9.88 Å². The molecule has 110 valence electrons. The van der Waals surface area contributed by atoms with Gasteiger partial charge in [-0.15, -0.1) is 0 Å². The third-order valence-electron chi connectivity index (χ3n) is 3.41. The Hall–Kier alpha value is -1.73. The Kier molecular flexibility index (Phi) is 4.86.